The highest BCUT2D eigenvalue weighted by Gasteiger charge is 2.36. The third kappa shape index (κ3) is 7.53. The summed E-state index contributed by atoms with van der Waals surface area (Å²) >= 11 is 6.42. The number of carbonyl (C=O) groups excluding carboxylic acids is 3. The quantitative estimate of drug-likeness (QED) is 0.347. The van der Waals surface area contributed by atoms with Gasteiger partial charge in [-0.1, -0.05) is 35.7 Å². The molecule has 4 aliphatic rings. The maximum absolute atomic E-state index is 14.1. The van der Waals surface area contributed by atoms with Crippen molar-refractivity contribution in [1.29, 1.82) is 0 Å². The van der Waals surface area contributed by atoms with Crippen molar-refractivity contribution < 1.29 is 14.4 Å². The number of para-hydroxylation sites is 1. The van der Waals surface area contributed by atoms with Gasteiger partial charge in [-0.3, -0.25) is 14.5 Å². The average Bonchev–Trinajstić information content (AvgIpc) is 3.09. The molecule has 4 aliphatic heterocycles. The predicted molar refractivity (Wildman–Crippen MR) is 185 cm³/mol. The van der Waals surface area contributed by atoms with Gasteiger partial charge in [0.05, 0.1) is 16.6 Å². The lowest BCUT2D eigenvalue weighted by Gasteiger charge is -2.43. The van der Waals surface area contributed by atoms with E-state index in [-0.39, 0.29) is 30.3 Å². The zero-order chi connectivity index (χ0) is 33.1. The molecule has 0 spiro atoms. The van der Waals surface area contributed by atoms with Crippen molar-refractivity contribution in [3.8, 4) is 12.3 Å². The number of anilines is 2. The normalized spacial score (nSPS) is 20.8. The molecular formula is C36H46ClN7O3. The van der Waals surface area contributed by atoms with Crippen LogP contribution in [-0.2, 0) is 22.6 Å². The Morgan fingerprint density at radius 1 is 0.979 bits per heavy atom. The number of piperidine rings is 2. The van der Waals surface area contributed by atoms with Gasteiger partial charge in [0.25, 0.3) is 0 Å². The van der Waals surface area contributed by atoms with E-state index in [1.54, 1.807) is 12.1 Å². The molecule has 3 fully saturated rings. The van der Waals surface area contributed by atoms with Crippen LogP contribution in [-0.4, -0.2) is 114 Å². The van der Waals surface area contributed by atoms with E-state index in [9.17, 15) is 14.4 Å². The number of likely N-dealkylation sites (N-methyl/N-ethyl adjacent to an activating group) is 1. The first-order chi connectivity index (χ1) is 22.7. The first-order valence-corrected chi connectivity index (χ1v) is 17.3. The second kappa shape index (κ2) is 14.5. The molecule has 0 unspecified atom stereocenters. The highest BCUT2D eigenvalue weighted by Crippen LogP contribution is 2.30. The smallest absolute Gasteiger partial charge is 0.322 e. The lowest BCUT2D eigenvalue weighted by atomic mass is 9.91. The highest BCUT2D eigenvalue weighted by molar-refractivity contribution is 6.33. The number of hydrogen-bond donors (Lipinski definition) is 2. The van der Waals surface area contributed by atoms with E-state index in [2.05, 4.69) is 28.1 Å². The largest absolute Gasteiger partial charge is 0.397 e. The molecule has 10 nitrogen and oxygen atoms in total. The summed E-state index contributed by atoms with van der Waals surface area (Å²) in [5.74, 6) is 2.01. The summed E-state index contributed by atoms with van der Waals surface area (Å²) in [6, 6.07) is 11.9. The molecule has 2 aromatic carbocycles. The zero-order valence-corrected chi connectivity index (χ0v) is 28.1. The van der Waals surface area contributed by atoms with Gasteiger partial charge in [-0.05, 0) is 68.5 Å². The number of likely N-dealkylation sites (tertiary alicyclic amines) is 2. The number of piperazine rings is 1. The van der Waals surface area contributed by atoms with Crippen LogP contribution >= 0.6 is 11.6 Å². The van der Waals surface area contributed by atoms with E-state index in [1.165, 1.54) is 0 Å². The van der Waals surface area contributed by atoms with E-state index < -0.39 is 5.92 Å². The molecule has 4 heterocycles. The second-order valence-electron chi connectivity index (χ2n) is 13.5. The van der Waals surface area contributed by atoms with Gasteiger partial charge >= 0.3 is 6.03 Å². The number of nitrogens with one attached hydrogen (secondary N) is 1. The number of carbonyl (C=O) groups is 3. The molecule has 3 saturated heterocycles. The maximum atomic E-state index is 14.1. The van der Waals surface area contributed by atoms with E-state index in [0.717, 1.165) is 55.8 Å². The van der Waals surface area contributed by atoms with Crippen LogP contribution in [0.25, 0.3) is 0 Å². The fraction of sp³-hybridized carbons (Fsp3) is 0.528. The van der Waals surface area contributed by atoms with Crippen molar-refractivity contribution in [3.05, 3.63) is 58.1 Å². The maximum Gasteiger partial charge on any atom is 0.322 e. The Morgan fingerprint density at radius 3 is 2.34 bits per heavy atom. The highest BCUT2D eigenvalue weighted by atomic mass is 35.5. The monoisotopic (exact) mass is 659 g/mol. The SMILES string of the molecule is C#Cc1cc(C[C@@H](CC(=O)N2CCC(N3Cc4ccccc4NC3=O)CC2)C(=O)N2CCC(N3CCN(C)CC3)CC2)cc(Cl)c1N. The molecular weight excluding hydrogens is 614 g/mol. The molecule has 3 N–H and O–H groups in total. The first-order valence-electron chi connectivity index (χ1n) is 16.9. The fourth-order valence-electron chi connectivity index (χ4n) is 7.62. The molecule has 250 valence electrons. The van der Waals surface area contributed by atoms with Gasteiger partial charge in [0.1, 0.15) is 0 Å². The lowest BCUT2D eigenvalue weighted by molar-refractivity contribution is -0.143. The van der Waals surface area contributed by atoms with Crippen LogP contribution in [0.5, 0.6) is 0 Å². The van der Waals surface area contributed by atoms with Gasteiger partial charge in [0.2, 0.25) is 11.8 Å². The Labute approximate surface area is 283 Å². The van der Waals surface area contributed by atoms with Gasteiger partial charge in [-0.2, -0.15) is 0 Å². The summed E-state index contributed by atoms with van der Waals surface area (Å²) in [5.41, 5.74) is 9.66. The number of halogens is 1. The standard InChI is InChI=1S/C36H46ClN7O3/c1-3-26-20-25(22-31(37)34(26)38)21-28(35(46)43-14-8-29(9-15-43)41-18-16-40(2)17-19-41)23-33(45)42-12-10-30(11-13-42)44-24-27-6-4-5-7-32(27)39-36(44)47/h1,4-7,20,22,28-30H,8-19,21,23-24,38H2,2H3,(H,39,47)/t28-/m0/s1. The van der Waals surface area contributed by atoms with E-state index in [0.29, 0.717) is 74.3 Å². The number of benzene rings is 2. The Kier molecular flexibility index (Phi) is 10.3. The third-order valence-corrected chi connectivity index (χ3v) is 10.9. The molecule has 0 radical (unpaired) electrons. The number of urea groups is 1. The Balaban J connectivity index is 1.10. The molecule has 47 heavy (non-hydrogen) atoms. The fourth-order valence-corrected chi connectivity index (χ4v) is 7.87. The molecule has 0 aliphatic carbocycles. The van der Waals surface area contributed by atoms with E-state index in [4.69, 9.17) is 23.8 Å². The average molecular weight is 660 g/mol. The predicted octanol–water partition coefficient (Wildman–Crippen LogP) is 3.73. The molecule has 4 amide bonds. The molecule has 0 bridgehead atoms. The summed E-state index contributed by atoms with van der Waals surface area (Å²) in [4.78, 5) is 51.4. The molecule has 1 atom stereocenters. The molecule has 2 aromatic rings. The topological polar surface area (TPSA) is 105 Å². The van der Waals surface area contributed by atoms with Crippen molar-refractivity contribution in [2.24, 2.45) is 5.92 Å². The third-order valence-electron chi connectivity index (χ3n) is 10.5. The minimum Gasteiger partial charge on any atom is -0.397 e. The summed E-state index contributed by atoms with van der Waals surface area (Å²) in [6.45, 7) is 7.29. The Hall–Kier alpha value is -3.78. The lowest BCUT2D eigenvalue weighted by Crippen LogP contribution is -2.54. The van der Waals surface area contributed by atoms with Gasteiger partial charge in [-0.15, -0.1) is 6.42 Å². The second-order valence-corrected chi connectivity index (χ2v) is 13.9. The number of fused-ring (bicyclic) bond motifs is 1. The van der Waals surface area contributed by atoms with Crippen LogP contribution in [0.2, 0.25) is 5.02 Å². The molecule has 0 saturated carbocycles. The number of nitrogen functional groups attached to an aromatic ring is 1. The summed E-state index contributed by atoms with van der Waals surface area (Å²) in [5, 5.41) is 3.36. The number of terminal acetylenes is 1. The molecule has 0 aromatic heterocycles. The summed E-state index contributed by atoms with van der Waals surface area (Å²) < 4.78 is 0. The van der Waals surface area contributed by atoms with E-state index in [1.807, 2.05) is 39.0 Å². The van der Waals surface area contributed by atoms with Crippen molar-refractivity contribution in [2.75, 3.05) is 70.5 Å². The first kappa shape index (κ1) is 33.1. The van der Waals surface area contributed by atoms with Crippen LogP contribution in [0, 0.1) is 18.3 Å². The van der Waals surface area contributed by atoms with Crippen molar-refractivity contribution in [2.45, 2.75) is 57.2 Å². The minimum atomic E-state index is -0.546. The van der Waals surface area contributed by atoms with Crippen molar-refractivity contribution in [3.63, 3.8) is 0 Å². The van der Waals surface area contributed by atoms with Gasteiger partial charge in [-0.25, -0.2) is 4.79 Å². The summed E-state index contributed by atoms with van der Waals surface area (Å²) in [6.07, 6.45) is 9.41. The number of hydrogen-bond acceptors (Lipinski definition) is 6. The minimum absolute atomic E-state index is 0.00363. The number of amides is 4. The molecule has 6 rings (SSSR count). The number of nitrogens with two attached hydrogens (primary N) is 1. The Bertz CT molecular complexity index is 1520. The van der Waals surface area contributed by atoms with Crippen LogP contribution in [0.3, 0.4) is 0 Å². The van der Waals surface area contributed by atoms with Crippen LogP contribution in [0.4, 0.5) is 16.2 Å². The van der Waals surface area contributed by atoms with Crippen LogP contribution in [0.1, 0.15) is 48.8 Å². The van der Waals surface area contributed by atoms with E-state index >= 15 is 0 Å². The molecule has 11 heteroatoms. The van der Waals surface area contributed by atoms with Crippen LogP contribution in [0.15, 0.2) is 36.4 Å². The summed E-state index contributed by atoms with van der Waals surface area (Å²) in [7, 11) is 2.16. The van der Waals surface area contributed by atoms with Crippen molar-refractivity contribution in [1.82, 2.24) is 24.5 Å². The number of nitrogens with zero attached hydrogens (tertiary/aromatic N) is 5. The van der Waals surface area contributed by atoms with Gasteiger partial charge < -0.3 is 30.7 Å². The van der Waals surface area contributed by atoms with Gasteiger partial charge in [0, 0.05) is 88.7 Å². The van der Waals surface area contributed by atoms with Gasteiger partial charge in [0.15, 0.2) is 0 Å². The Morgan fingerprint density at radius 2 is 1.64 bits per heavy atom. The van der Waals surface area contributed by atoms with Crippen molar-refractivity contribution >= 4 is 40.8 Å². The zero-order valence-electron chi connectivity index (χ0n) is 27.3. The number of rotatable bonds is 7. The van der Waals surface area contributed by atoms with Crippen LogP contribution < -0.4 is 11.1 Å².